The number of piperidine rings is 1. The van der Waals surface area contributed by atoms with Gasteiger partial charge in [-0.2, -0.15) is 0 Å². The van der Waals surface area contributed by atoms with Crippen LogP contribution in [-0.2, 0) is 0 Å². The highest BCUT2D eigenvalue weighted by atomic mass is 16.6. The molecule has 142 valence electrons. The van der Waals surface area contributed by atoms with E-state index in [0.29, 0.717) is 18.9 Å². The highest BCUT2D eigenvalue weighted by Crippen LogP contribution is 2.30. The highest BCUT2D eigenvalue weighted by Gasteiger charge is 2.24. The van der Waals surface area contributed by atoms with Crippen LogP contribution in [0.25, 0.3) is 11.8 Å². The van der Waals surface area contributed by atoms with Gasteiger partial charge in [-0.3, -0.25) is 10.1 Å². The van der Waals surface area contributed by atoms with Crippen LogP contribution in [0.2, 0.25) is 0 Å². The van der Waals surface area contributed by atoms with E-state index in [1.165, 1.54) is 11.6 Å². The van der Waals surface area contributed by atoms with Crippen molar-refractivity contribution in [2.75, 3.05) is 18.0 Å². The van der Waals surface area contributed by atoms with Crippen LogP contribution in [-0.4, -0.2) is 38.0 Å². The van der Waals surface area contributed by atoms with E-state index < -0.39 is 0 Å². The molecular formula is C20H20N6O2. The minimum atomic E-state index is -0.364. The number of aromatic nitrogens is 4. The van der Waals surface area contributed by atoms with Crippen molar-refractivity contribution >= 4 is 17.6 Å². The number of benzene rings is 1. The molecule has 4 rings (SSSR count). The summed E-state index contributed by atoms with van der Waals surface area (Å²) in [7, 11) is 0. The minimum Gasteiger partial charge on any atom is -0.350 e. The molecule has 28 heavy (non-hydrogen) atoms. The molecule has 0 bridgehead atoms. The Bertz CT molecular complexity index is 1020. The molecule has 2 aromatic heterocycles. The number of nitro groups is 1. The van der Waals surface area contributed by atoms with E-state index in [9.17, 15) is 10.1 Å². The second-order valence-electron chi connectivity index (χ2n) is 6.75. The van der Waals surface area contributed by atoms with Crippen molar-refractivity contribution in [1.82, 2.24) is 20.0 Å². The lowest BCUT2D eigenvalue weighted by atomic mass is 10.0. The number of anilines is 1. The molecule has 0 spiro atoms. The standard InChI is InChI=1S/C20H20N6O2/c1-15-7-8-19(26(27)28)20(22-15)24-11-9-16(10-12-24)13-18-14-21-23-25(18)17-5-3-2-4-6-17/h2-8,13-14H,9-12H2,1H3. The van der Waals surface area contributed by atoms with E-state index in [1.807, 2.05) is 46.8 Å². The third kappa shape index (κ3) is 3.62. The van der Waals surface area contributed by atoms with Crippen molar-refractivity contribution in [3.63, 3.8) is 0 Å². The van der Waals surface area contributed by atoms with Gasteiger partial charge in [-0.1, -0.05) is 29.0 Å². The molecule has 0 aliphatic carbocycles. The van der Waals surface area contributed by atoms with Crippen LogP contribution in [0.1, 0.15) is 24.2 Å². The number of rotatable bonds is 4. The van der Waals surface area contributed by atoms with E-state index in [1.54, 1.807) is 12.3 Å². The first kappa shape index (κ1) is 17.8. The second kappa shape index (κ2) is 7.59. The Balaban J connectivity index is 1.53. The van der Waals surface area contributed by atoms with Gasteiger partial charge in [-0.05, 0) is 44.0 Å². The van der Waals surface area contributed by atoms with Gasteiger partial charge in [0.05, 0.1) is 22.5 Å². The van der Waals surface area contributed by atoms with Crippen LogP contribution in [0, 0.1) is 17.0 Å². The summed E-state index contributed by atoms with van der Waals surface area (Å²) < 4.78 is 1.81. The van der Waals surface area contributed by atoms with Crippen molar-refractivity contribution in [2.24, 2.45) is 0 Å². The molecule has 0 N–H and O–H groups in total. The first-order valence-corrected chi connectivity index (χ1v) is 9.14. The van der Waals surface area contributed by atoms with Gasteiger partial charge in [-0.25, -0.2) is 9.67 Å². The molecule has 0 saturated carbocycles. The van der Waals surface area contributed by atoms with E-state index in [-0.39, 0.29) is 10.6 Å². The summed E-state index contributed by atoms with van der Waals surface area (Å²) in [6.07, 6.45) is 5.49. The van der Waals surface area contributed by atoms with E-state index >= 15 is 0 Å². The zero-order valence-corrected chi connectivity index (χ0v) is 15.5. The molecule has 0 atom stereocenters. The van der Waals surface area contributed by atoms with Crippen LogP contribution in [0.5, 0.6) is 0 Å². The molecule has 1 fully saturated rings. The largest absolute Gasteiger partial charge is 0.350 e. The Morgan fingerprint density at radius 2 is 1.86 bits per heavy atom. The molecule has 0 unspecified atom stereocenters. The van der Waals surface area contributed by atoms with Gasteiger partial charge in [0.2, 0.25) is 5.82 Å². The lowest BCUT2D eigenvalue weighted by Crippen LogP contribution is -2.32. The van der Waals surface area contributed by atoms with Gasteiger partial charge in [-0.15, -0.1) is 5.10 Å². The first-order chi connectivity index (χ1) is 13.6. The molecule has 8 nitrogen and oxygen atoms in total. The van der Waals surface area contributed by atoms with Crippen molar-refractivity contribution < 1.29 is 4.92 Å². The first-order valence-electron chi connectivity index (χ1n) is 9.14. The van der Waals surface area contributed by atoms with Gasteiger partial charge in [0.25, 0.3) is 0 Å². The Hall–Kier alpha value is -3.55. The van der Waals surface area contributed by atoms with Gasteiger partial charge in [0.1, 0.15) is 0 Å². The number of para-hydroxylation sites is 1. The maximum absolute atomic E-state index is 11.3. The number of aryl methyl sites for hydroxylation is 1. The lowest BCUT2D eigenvalue weighted by Gasteiger charge is -2.29. The van der Waals surface area contributed by atoms with Crippen molar-refractivity contribution in [3.05, 3.63) is 75.7 Å². The smallest absolute Gasteiger partial charge is 0.311 e. The van der Waals surface area contributed by atoms with Crippen molar-refractivity contribution in [1.29, 1.82) is 0 Å². The number of nitrogens with zero attached hydrogens (tertiary/aromatic N) is 6. The van der Waals surface area contributed by atoms with E-state index in [0.717, 1.165) is 29.9 Å². The normalized spacial score (nSPS) is 14.2. The Kier molecular flexibility index (Phi) is 4.84. The average Bonchev–Trinajstić information content (AvgIpc) is 3.17. The highest BCUT2D eigenvalue weighted by molar-refractivity contribution is 5.60. The maximum atomic E-state index is 11.3. The molecule has 3 heterocycles. The van der Waals surface area contributed by atoms with E-state index in [4.69, 9.17) is 0 Å². The van der Waals surface area contributed by atoms with Crippen LogP contribution in [0.15, 0.2) is 54.2 Å². The fraction of sp³-hybridized carbons (Fsp3) is 0.250. The molecule has 8 heteroatoms. The number of hydrogen-bond acceptors (Lipinski definition) is 6. The lowest BCUT2D eigenvalue weighted by molar-refractivity contribution is -0.384. The number of pyridine rings is 1. The topological polar surface area (TPSA) is 90.0 Å². The van der Waals surface area contributed by atoms with Gasteiger partial charge in [0.15, 0.2) is 0 Å². The quantitative estimate of drug-likeness (QED) is 0.511. The van der Waals surface area contributed by atoms with Crippen LogP contribution >= 0.6 is 0 Å². The molecule has 1 aliphatic rings. The molecule has 0 radical (unpaired) electrons. The predicted octanol–water partition coefficient (Wildman–Crippen LogP) is 3.56. The summed E-state index contributed by atoms with van der Waals surface area (Å²) in [6.45, 7) is 3.23. The third-order valence-electron chi connectivity index (χ3n) is 4.82. The van der Waals surface area contributed by atoms with Crippen LogP contribution in [0.3, 0.4) is 0 Å². The van der Waals surface area contributed by atoms with Crippen molar-refractivity contribution in [2.45, 2.75) is 19.8 Å². The van der Waals surface area contributed by atoms with Gasteiger partial charge < -0.3 is 4.90 Å². The SMILES string of the molecule is Cc1ccc([N+](=O)[O-])c(N2CCC(=Cc3cnnn3-c3ccccc3)CC2)n1. The molecular weight excluding hydrogens is 356 g/mol. The summed E-state index contributed by atoms with van der Waals surface area (Å²) in [6, 6.07) is 13.1. The summed E-state index contributed by atoms with van der Waals surface area (Å²) >= 11 is 0. The molecule has 1 saturated heterocycles. The molecule has 3 aromatic rings. The summed E-state index contributed by atoms with van der Waals surface area (Å²) in [5.74, 6) is 0.458. The zero-order chi connectivity index (χ0) is 19.5. The molecule has 1 aromatic carbocycles. The fourth-order valence-corrected chi connectivity index (χ4v) is 3.38. The summed E-state index contributed by atoms with van der Waals surface area (Å²) in [4.78, 5) is 17.4. The van der Waals surface area contributed by atoms with Crippen molar-refractivity contribution in [3.8, 4) is 5.69 Å². The zero-order valence-electron chi connectivity index (χ0n) is 15.5. The Labute approximate surface area is 162 Å². The molecule has 1 aliphatic heterocycles. The van der Waals surface area contributed by atoms with E-state index in [2.05, 4.69) is 21.4 Å². The predicted molar refractivity (Wildman–Crippen MR) is 106 cm³/mol. The number of hydrogen-bond donors (Lipinski definition) is 0. The van der Waals surface area contributed by atoms with Crippen LogP contribution in [0.4, 0.5) is 11.5 Å². The summed E-state index contributed by atoms with van der Waals surface area (Å²) in [5.41, 5.74) is 3.99. The fourth-order valence-electron chi connectivity index (χ4n) is 3.38. The summed E-state index contributed by atoms with van der Waals surface area (Å²) in [5, 5.41) is 19.6. The van der Waals surface area contributed by atoms with Gasteiger partial charge in [0, 0.05) is 24.8 Å². The third-order valence-corrected chi connectivity index (χ3v) is 4.82. The maximum Gasteiger partial charge on any atom is 0.311 e. The second-order valence-corrected chi connectivity index (χ2v) is 6.75. The average molecular weight is 376 g/mol. The monoisotopic (exact) mass is 376 g/mol. The van der Waals surface area contributed by atoms with Crippen LogP contribution < -0.4 is 4.90 Å². The Morgan fingerprint density at radius 3 is 2.57 bits per heavy atom. The molecule has 0 amide bonds. The minimum absolute atomic E-state index is 0.0596. The van der Waals surface area contributed by atoms with Gasteiger partial charge >= 0.3 is 5.69 Å². The Morgan fingerprint density at radius 1 is 1.11 bits per heavy atom.